The first-order chi connectivity index (χ1) is 15.9. The largest absolute Gasteiger partial charge is 2.00 e. The molecule has 0 aliphatic rings. The Hall–Kier alpha value is -2.59. The molecule has 0 heterocycles. The fourth-order valence-electron chi connectivity index (χ4n) is 3.50. The zero-order chi connectivity index (χ0) is 24.1. The molecule has 4 aromatic carbocycles. The quantitative estimate of drug-likeness (QED) is 0.113. The van der Waals surface area contributed by atoms with Gasteiger partial charge in [-0.1, -0.05) is 72.8 Å². The first kappa shape index (κ1) is 29.4. The van der Waals surface area contributed by atoms with Crippen molar-refractivity contribution in [1.82, 2.24) is 0 Å². The molecule has 0 unspecified atom stereocenters. The van der Waals surface area contributed by atoms with Gasteiger partial charge in [0.1, 0.15) is 28.5 Å². The number of benzene rings is 4. The molecule has 0 saturated heterocycles. The molecule has 0 aliphatic carbocycles. The molecule has 0 N–H and O–H groups in total. The van der Waals surface area contributed by atoms with E-state index in [0.29, 0.717) is 0 Å². The molecule has 0 fully saturated rings. The van der Waals surface area contributed by atoms with E-state index in [1.165, 1.54) is 21.2 Å². The van der Waals surface area contributed by atoms with Gasteiger partial charge >= 0.3 is 17.1 Å². The second kappa shape index (κ2) is 15.3. The molecule has 0 nitrogen and oxygen atoms in total. The first-order valence-corrected chi connectivity index (χ1v) is 11.5. The van der Waals surface area contributed by atoms with Crippen molar-refractivity contribution < 1.29 is 43.4 Å². The van der Waals surface area contributed by atoms with Crippen molar-refractivity contribution in [3.63, 3.8) is 0 Å². The number of rotatable bonds is 4. The van der Waals surface area contributed by atoms with Gasteiger partial charge in [-0.2, -0.15) is 0 Å². The molecular weight excluding hydrogens is 521 g/mol. The molecule has 4 aromatic rings. The third-order valence-corrected chi connectivity index (χ3v) is 8.86. The van der Waals surface area contributed by atoms with E-state index in [0.717, 1.165) is 0 Å². The molecule has 0 spiro atoms. The van der Waals surface area contributed by atoms with Gasteiger partial charge in [0.25, 0.3) is 0 Å². The van der Waals surface area contributed by atoms with Gasteiger partial charge in [0.15, 0.2) is 13.4 Å². The topological polar surface area (TPSA) is 0 Å². The summed E-state index contributed by atoms with van der Waals surface area (Å²) >= 11 is 0. The summed E-state index contributed by atoms with van der Waals surface area (Å²) in [4.78, 5) is 0. The van der Waals surface area contributed by atoms with E-state index in [1.807, 2.05) is 0 Å². The molecular formula is C26H20CuF6P+. The second-order valence-electron chi connectivity index (χ2n) is 6.44. The van der Waals surface area contributed by atoms with E-state index in [1.54, 1.807) is 0 Å². The van der Waals surface area contributed by atoms with Gasteiger partial charge in [-0.15, -0.1) is 0 Å². The molecule has 4 rings (SSSR count). The normalized spacial score (nSPS) is 10.4. The Balaban J connectivity index is 0.000000563. The fraction of sp³-hybridized carbons (Fsp3) is 0. The van der Waals surface area contributed by atoms with Crippen molar-refractivity contribution in [2.75, 3.05) is 0 Å². The number of hydrogen-bond donors (Lipinski definition) is 0. The van der Waals surface area contributed by atoms with E-state index in [-0.39, 0.29) is 17.1 Å². The Morgan fingerprint density at radius 2 is 0.500 bits per heavy atom. The van der Waals surface area contributed by atoms with E-state index < -0.39 is 20.6 Å². The minimum absolute atomic E-state index is 0. The van der Waals surface area contributed by atoms with E-state index in [2.05, 4.69) is 121 Å². The third-order valence-electron chi connectivity index (χ3n) is 4.57. The summed E-state index contributed by atoms with van der Waals surface area (Å²) in [7, 11) is -1.91. The van der Waals surface area contributed by atoms with Gasteiger partial charge in [0, 0.05) is 0 Å². The predicted octanol–water partition coefficient (Wildman–Crippen LogP) is 6.99. The van der Waals surface area contributed by atoms with Crippen molar-refractivity contribution in [3.8, 4) is 0 Å². The molecule has 181 valence electrons. The van der Waals surface area contributed by atoms with Gasteiger partial charge < -0.3 is 26.3 Å². The Morgan fingerprint density at radius 1 is 0.353 bits per heavy atom. The number of hydrogen-bond acceptors (Lipinski definition) is 0. The third kappa shape index (κ3) is 8.32. The maximum absolute atomic E-state index is 9.58. The van der Waals surface area contributed by atoms with E-state index >= 15 is 0 Å². The summed E-state index contributed by atoms with van der Waals surface area (Å²) in [6, 6.07) is 43.8. The van der Waals surface area contributed by atoms with Gasteiger partial charge in [-0.05, 0) is 48.5 Å². The Morgan fingerprint density at radius 3 is 0.647 bits per heavy atom. The van der Waals surface area contributed by atoms with Crippen LogP contribution in [0.25, 0.3) is 0 Å². The summed E-state index contributed by atoms with van der Waals surface area (Å²) in [5.74, 6) is 0. The Bertz CT molecular complexity index is 861. The van der Waals surface area contributed by atoms with Crippen LogP contribution in [0.4, 0.5) is 26.3 Å². The molecule has 8 heteroatoms. The fourth-order valence-corrected chi connectivity index (χ4v) is 7.77. The van der Waals surface area contributed by atoms with Crippen LogP contribution in [-0.2, 0) is 17.1 Å². The predicted molar refractivity (Wildman–Crippen MR) is 124 cm³/mol. The van der Waals surface area contributed by atoms with Gasteiger partial charge in [0.2, 0.25) is 0 Å². The van der Waals surface area contributed by atoms with Crippen LogP contribution < -0.4 is 21.2 Å². The van der Waals surface area contributed by atoms with E-state index in [9.17, 15) is 26.3 Å². The van der Waals surface area contributed by atoms with Crippen LogP contribution in [0, 0.1) is 13.4 Å². The second-order valence-corrected chi connectivity index (χ2v) is 9.85. The maximum atomic E-state index is 9.58. The summed E-state index contributed by atoms with van der Waals surface area (Å²) in [5.41, 5.74) is 0. The molecule has 0 amide bonds. The summed E-state index contributed by atoms with van der Waals surface area (Å²) in [5, 5.41) is 5.55. The Labute approximate surface area is 206 Å². The zero-order valence-electron chi connectivity index (χ0n) is 17.6. The van der Waals surface area contributed by atoms with E-state index in [4.69, 9.17) is 0 Å². The molecule has 1 radical (unpaired) electrons. The van der Waals surface area contributed by atoms with Crippen molar-refractivity contribution in [2.24, 2.45) is 0 Å². The van der Waals surface area contributed by atoms with Crippen LogP contribution in [0.15, 0.2) is 121 Å². The summed E-state index contributed by atoms with van der Waals surface area (Å²) in [6.07, 6.45) is 0. The molecule has 34 heavy (non-hydrogen) atoms. The molecule has 0 aliphatic heterocycles. The van der Waals surface area contributed by atoms with Crippen LogP contribution in [0.5, 0.6) is 0 Å². The van der Waals surface area contributed by atoms with Crippen molar-refractivity contribution in [3.05, 3.63) is 135 Å². The average molecular weight is 541 g/mol. The van der Waals surface area contributed by atoms with Crippen LogP contribution in [0.3, 0.4) is 0 Å². The van der Waals surface area contributed by atoms with Crippen LogP contribution >= 0.6 is 7.26 Å². The average Bonchev–Trinajstić information content (AvgIpc) is 2.82. The molecule has 0 aromatic heterocycles. The SMILES string of the molecule is F[C-](F)F.F[C-](F)F.[Cu+2].c1ccc([P+](c2ccccc2)(c2ccccc2)c2ccccc2)cc1. The standard InChI is InChI=1S/C24H20P.2CF3.Cu/c1-5-13-21(14-6-1)25(22-15-7-2-8-16-22,23-17-9-3-10-18-23)24-19-11-4-12-20-24;2*2-1(3)4;/h1-20H;;;/q+1;2*-1;+2. The van der Waals surface area contributed by atoms with Crippen molar-refractivity contribution in [1.29, 1.82) is 0 Å². The summed E-state index contributed by atoms with van der Waals surface area (Å²) in [6.45, 7) is -6.17. The first-order valence-electron chi connectivity index (χ1n) is 9.67. The van der Waals surface area contributed by atoms with Crippen molar-refractivity contribution in [2.45, 2.75) is 0 Å². The van der Waals surface area contributed by atoms with Crippen LogP contribution in [-0.4, -0.2) is 0 Å². The number of halogens is 6. The minimum atomic E-state index is -3.08. The smallest absolute Gasteiger partial charge is 0.385 e. The van der Waals surface area contributed by atoms with Crippen molar-refractivity contribution >= 4 is 28.5 Å². The zero-order valence-corrected chi connectivity index (χ0v) is 19.4. The van der Waals surface area contributed by atoms with Crippen LogP contribution in [0.2, 0.25) is 0 Å². The van der Waals surface area contributed by atoms with Gasteiger partial charge in [0.05, 0.1) is 0 Å². The molecule has 0 atom stereocenters. The van der Waals surface area contributed by atoms with Gasteiger partial charge in [-0.25, -0.2) is 0 Å². The monoisotopic (exact) mass is 540 g/mol. The Kier molecular flexibility index (Phi) is 13.3. The maximum Gasteiger partial charge on any atom is 2.00 e. The van der Waals surface area contributed by atoms with Gasteiger partial charge in [-0.3, -0.25) is 0 Å². The summed E-state index contributed by atoms with van der Waals surface area (Å²) < 4.78 is 57.5. The minimum Gasteiger partial charge on any atom is -0.385 e. The molecule has 0 saturated carbocycles. The molecule has 0 bridgehead atoms. The van der Waals surface area contributed by atoms with Crippen LogP contribution in [0.1, 0.15) is 0 Å².